The molecule has 1 N–H and O–H groups in total. The number of aryl methyl sites for hydroxylation is 1. The molecule has 2 rings (SSSR count). The summed E-state index contributed by atoms with van der Waals surface area (Å²) in [6, 6.07) is 8.00. The molecule has 0 aliphatic carbocycles. The number of hydrogen-bond donors (Lipinski definition) is 1. The van der Waals surface area contributed by atoms with Crippen molar-refractivity contribution in [2.24, 2.45) is 5.92 Å². The highest BCUT2D eigenvalue weighted by Crippen LogP contribution is 2.19. The monoisotopic (exact) mass is 229 g/mol. The summed E-state index contributed by atoms with van der Waals surface area (Å²) in [5, 5.41) is 11.1. The average Bonchev–Trinajstić information content (AvgIpc) is 2.29. The van der Waals surface area contributed by atoms with Gasteiger partial charge in [0.15, 0.2) is 0 Å². The first-order chi connectivity index (χ1) is 8.08. The van der Waals surface area contributed by atoms with E-state index in [1.165, 1.54) is 0 Å². The van der Waals surface area contributed by atoms with Gasteiger partial charge >= 0.3 is 5.97 Å². The van der Waals surface area contributed by atoms with E-state index in [2.05, 4.69) is 4.98 Å². The van der Waals surface area contributed by atoms with Crippen molar-refractivity contribution in [3.63, 3.8) is 0 Å². The molecule has 0 bridgehead atoms. The van der Waals surface area contributed by atoms with Crippen LogP contribution in [0.3, 0.4) is 0 Å². The molecule has 0 saturated heterocycles. The van der Waals surface area contributed by atoms with Gasteiger partial charge in [-0.1, -0.05) is 25.1 Å². The third-order valence-corrected chi connectivity index (χ3v) is 2.99. The van der Waals surface area contributed by atoms with Crippen molar-refractivity contribution >= 4 is 16.7 Å². The normalized spacial score (nSPS) is 12.6. The summed E-state index contributed by atoms with van der Waals surface area (Å²) in [4.78, 5) is 15.0. The molecular weight excluding hydrogens is 214 g/mol. The molecule has 88 valence electrons. The Kier molecular flexibility index (Phi) is 3.09. The fraction of sp³-hybridized carbons (Fsp3) is 0.286. The van der Waals surface area contributed by atoms with Crippen LogP contribution in [-0.4, -0.2) is 16.1 Å². The second kappa shape index (κ2) is 4.53. The second-order valence-electron chi connectivity index (χ2n) is 4.40. The van der Waals surface area contributed by atoms with Crippen LogP contribution in [-0.2, 0) is 11.2 Å². The Balaban J connectivity index is 2.35. The van der Waals surface area contributed by atoms with Crippen LogP contribution >= 0.6 is 0 Å². The van der Waals surface area contributed by atoms with E-state index in [1.807, 2.05) is 31.2 Å². The lowest BCUT2D eigenvalue weighted by Gasteiger charge is -2.08. The zero-order valence-corrected chi connectivity index (χ0v) is 9.97. The van der Waals surface area contributed by atoms with Gasteiger partial charge < -0.3 is 5.11 Å². The minimum atomic E-state index is -0.754. The van der Waals surface area contributed by atoms with Gasteiger partial charge in [-0.05, 0) is 30.4 Å². The van der Waals surface area contributed by atoms with Crippen molar-refractivity contribution in [1.29, 1.82) is 0 Å². The first-order valence-corrected chi connectivity index (χ1v) is 5.65. The molecule has 0 spiro atoms. The van der Waals surface area contributed by atoms with Crippen molar-refractivity contribution in [3.8, 4) is 0 Å². The maximum absolute atomic E-state index is 10.8. The van der Waals surface area contributed by atoms with E-state index < -0.39 is 5.97 Å². The first kappa shape index (κ1) is 11.6. The lowest BCUT2D eigenvalue weighted by Crippen LogP contribution is -2.12. The van der Waals surface area contributed by atoms with E-state index in [9.17, 15) is 4.79 Å². The molecule has 0 fully saturated rings. The quantitative estimate of drug-likeness (QED) is 0.880. The van der Waals surface area contributed by atoms with Crippen LogP contribution < -0.4 is 0 Å². The van der Waals surface area contributed by atoms with Crippen LogP contribution in [0.25, 0.3) is 10.8 Å². The zero-order valence-electron chi connectivity index (χ0n) is 9.97. The Morgan fingerprint density at radius 3 is 2.88 bits per heavy atom. The Morgan fingerprint density at radius 1 is 1.41 bits per heavy atom. The van der Waals surface area contributed by atoms with Crippen LogP contribution in [0.1, 0.15) is 18.2 Å². The zero-order chi connectivity index (χ0) is 12.4. The summed E-state index contributed by atoms with van der Waals surface area (Å²) >= 11 is 0. The lowest BCUT2D eigenvalue weighted by molar-refractivity contribution is -0.141. The highest BCUT2D eigenvalue weighted by molar-refractivity contribution is 5.85. The number of carbonyl (C=O) groups is 1. The Hall–Kier alpha value is -1.90. The molecule has 1 aromatic heterocycles. The highest BCUT2D eigenvalue weighted by Gasteiger charge is 2.11. The summed E-state index contributed by atoms with van der Waals surface area (Å²) in [5.41, 5.74) is 2.05. The fourth-order valence-electron chi connectivity index (χ4n) is 1.95. The Morgan fingerprint density at radius 2 is 2.18 bits per heavy atom. The van der Waals surface area contributed by atoms with Gasteiger partial charge in [0, 0.05) is 17.3 Å². The lowest BCUT2D eigenvalue weighted by atomic mass is 9.98. The fourth-order valence-corrected chi connectivity index (χ4v) is 1.95. The molecule has 2 aromatic rings. The van der Waals surface area contributed by atoms with Gasteiger partial charge in [-0.15, -0.1) is 0 Å². The van der Waals surface area contributed by atoms with E-state index in [0.29, 0.717) is 6.42 Å². The van der Waals surface area contributed by atoms with Crippen LogP contribution in [0.5, 0.6) is 0 Å². The minimum Gasteiger partial charge on any atom is -0.481 e. The summed E-state index contributed by atoms with van der Waals surface area (Å²) < 4.78 is 0. The molecule has 3 heteroatoms. The molecule has 3 nitrogen and oxygen atoms in total. The van der Waals surface area contributed by atoms with E-state index in [0.717, 1.165) is 22.0 Å². The van der Waals surface area contributed by atoms with E-state index in [-0.39, 0.29) is 5.92 Å². The summed E-state index contributed by atoms with van der Waals surface area (Å²) in [5.74, 6) is -1.11. The van der Waals surface area contributed by atoms with E-state index >= 15 is 0 Å². The number of rotatable bonds is 3. The smallest absolute Gasteiger partial charge is 0.306 e. The topological polar surface area (TPSA) is 50.2 Å². The number of fused-ring (bicyclic) bond motifs is 1. The number of benzene rings is 1. The van der Waals surface area contributed by atoms with E-state index in [1.54, 1.807) is 13.1 Å². The van der Waals surface area contributed by atoms with Crippen molar-refractivity contribution < 1.29 is 9.90 Å². The molecule has 0 aliphatic heterocycles. The number of aromatic nitrogens is 1. The number of aliphatic carboxylic acids is 1. The van der Waals surface area contributed by atoms with Crippen molar-refractivity contribution in [2.75, 3.05) is 0 Å². The van der Waals surface area contributed by atoms with Crippen LogP contribution in [0.2, 0.25) is 0 Å². The number of carboxylic acid groups (broad SMARTS) is 1. The summed E-state index contributed by atoms with van der Waals surface area (Å²) in [6.07, 6.45) is 2.34. The standard InChI is InChI=1S/C14H15NO2/c1-9(14(16)17)7-11-3-4-13-10(2)15-6-5-12(13)8-11/h3-6,8-9H,7H2,1-2H3,(H,16,17). The van der Waals surface area contributed by atoms with Gasteiger partial charge in [0.05, 0.1) is 5.92 Å². The van der Waals surface area contributed by atoms with Gasteiger partial charge in [0.25, 0.3) is 0 Å². The maximum Gasteiger partial charge on any atom is 0.306 e. The van der Waals surface area contributed by atoms with Gasteiger partial charge in [0.2, 0.25) is 0 Å². The number of nitrogens with zero attached hydrogens (tertiary/aromatic N) is 1. The third kappa shape index (κ3) is 2.44. The molecule has 0 radical (unpaired) electrons. The van der Waals surface area contributed by atoms with Crippen LogP contribution in [0, 0.1) is 12.8 Å². The van der Waals surface area contributed by atoms with Crippen LogP contribution in [0.15, 0.2) is 30.5 Å². The number of hydrogen-bond acceptors (Lipinski definition) is 2. The average molecular weight is 229 g/mol. The number of carboxylic acids is 1. The molecular formula is C14H15NO2. The number of pyridine rings is 1. The predicted molar refractivity (Wildman–Crippen MR) is 67.0 cm³/mol. The molecule has 1 atom stereocenters. The molecule has 17 heavy (non-hydrogen) atoms. The largest absolute Gasteiger partial charge is 0.481 e. The van der Waals surface area contributed by atoms with Crippen molar-refractivity contribution in [2.45, 2.75) is 20.3 Å². The van der Waals surface area contributed by atoms with Crippen LogP contribution in [0.4, 0.5) is 0 Å². The maximum atomic E-state index is 10.8. The highest BCUT2D eigenvalue weighted by atomic mass is 16.4. The van der Waals surface area contributed by atoms with Crippen molar-refractivity contribution in [3.05, 3.63) is 41.7 Å². The van der Waals surface area contributed by atoms with Gasteiger partial charge in [0.1, 0.15) is 0 Å². The third-order valence-electron chi connectivity index (χ3n) is 2.99. The molecule has 1 heterocycles. The van der Waals surface area contributed by atoms with Gasteiger partial charge in [-0.25, -0.2) is 0 Å². The molecule has 0 amide bonds. The molecule has 0 aliphatic rings. The molecule has 1 aromatic carbocycles. The van der Waals surface area contributed by atoms with Gasteiger partial charge in [-0.2, -0.15) is 0 Å². The molecule has 1 unspecified atom stereocenters. The minimum absolute atomic E-state index is 0.351. The summed E-state index contributed by atoms with van der Waals surface area (Å²) in [6.45, 7) is 3.70. The van der Waals surface area contributed by atoms with Crippen molar-refractivity contribution in [1.82, 2.24) is 4.98 Å². The summed E-state index contributed by atoms with van der Waals surface area (Å²) in [7, 11) is 0. The van der Waals surface area contributed by atoms with Gasteiger partial charge in [-0.3, -0.25) is 9.78 Å². The Bertz CT molecular complexity index is 563. The first-order valence-electron chi connectivity index (χ1n) is 5.65. The Labute approximate surface area is 100 Å². The predicted octanol–water partition coefficient (Wildman–Crippen LogP) is 2.81. The second-order valence-corrected chi connectivity index (χ2v) is 4.40. The molecule has 0 saturated carbocycles. The van der Waals surface area contributed by atoms with E-state index in [4.69, 9.17) is 5.11 Å². The SMILES string of the molecule is Cc1nccc2cc(CC(C)C(=O)O)ccc12.